The number of anilines is 2. The van der Waals surface area contributed by atoms with Crippen LogP contribution < -0.4 is 10.1 Å². The molecule has 0 saturated heterocycles. The van der Waals surface area contributed by atoms with Crippen molar-refractivity contribution in [2.24, 2.45) is 0 Å². The van der Waals surface area contributed by atoms with E-state index in [1.165, 1.54) is 33.5 Å². The zero-order valence-corrected chi connectivity index (χ0v) is 17.1. The lowest BCUT2D eigenvalue weighted by atomic mass is 10.1. The second-order valence-corrected chi connectivity index (χ2v) is 9.15. The third-order valence-electron chi connectivity index (χ3n) is 4.21. The second-order valence-electron chi connectivity index (χ2n) is 5.95. The minimum atomic E-state index is 0.148. The Morgan fingerprint density at radius 1 is 1.37 bits per heavy atom. The van der Waals surface area contributed by atoms with Crippen LogP contribution in [0.15, 0.2) is 40.1 Å². The number of hydrogen-bond donors (Lipinski definition) is 1. The van der Waals surface area contributed by atoms with Gasteiger partial charge in [-0.1, -0.05) is 29.2 Å². The topological polar surface area (TPSA) is 67.3 Å². The average Bonchev–Trinajstić information content (AvgIpc) is 3.34. The molecule has 0 unspecified atom stereocenters. The summed E-state index contributed by atoms with van der Waals surface area (Å²) >= 11 is 4.66. The predicted octanol–water partition coefficient (Wildman–Crippen LogP) is 4.03. The van der Waals surface area contributed by atoms with Crippen molar-refractivity contribution >= 4 is 51.2 Å². The number of thioether (sulfide) groups is 1. The molecule has 1 aliphatic rings. The number of amides is 1. The lowest BCUT2D eigenvalue weighted by Gasteiger charge is -2.26. The molecule has 1 amide bonds. The molecule has 0 aliphatic carbocycles. The molecule has 6 nitrogen and oxygen atoms in total. The van der Waals surface area contributed by atoms with Crippen molar-refractivity contribution in [2.45, 2.75) is 17.3 Å². The third-order valence-corrected chi connectivity index (χ3v) is 7.19. The first-order valence-corrected chi connectivity index (χ1v) is 11.1. The third kappa shape index (κ3) is 4.42. The van der Waals surface area contributed by atoms with Crippen molar-refractivity contribution in [1.29, 1.82) is 0 Å². The molecule has 140 valence electrons. The van der Waals surface area contributed by atoms with Gasteiger partial charge in [0, 0.05) is 29.7 Å². The monoisotopic (exact) mass is 418 g/mol. The Bertz CT molecular complexity index is 940. The first-order valence-electron chi connectivity index (χ1n) is 8.41. The fraction of sp³-hybridized carbons (Fsp3) is 0.278. The Morgan fingerprint density at radius 2 is 2.30 bits per heavy atom. The van der Waals surface area contributed by atoms with Crippen molar-refractivity contribution < 1.29 is 9.53 Å². The van der Waals surface area contributed by atoms with E-state index < -0.39 is 0 Å². The maximum absolute atomic E-state index is 12.5. The Balaban J connectivity index is 1.31. The van der Waals surface area contributed by atoms with Crippen LogP contribution in [0.5, 0.6) is 5.75 Å². The quantitative estimate of drug-likeness (QED) is 0.610. The maximum Gasteiger partial charge on any atom is 0.233 e. The zero-order valence-electron chi connectivity index (χ0n) is 14.7. The van der Waals surface area contributed by atoms with E-state index in [0.29, 0.717) is 10.9 Å². The molecule has 1 aromatic carbocycles. The SMILES string of the molecule is COc1cccc(Nc2nnc(SCC(=O)N3CCc4sccc4C3)s2)c1. The van der Waals surface area contributed by atoms with E-state index in [9.17, 15) is 4.79 Å². The van der Waals surface area contributed by atoms with Crippen LogP contribution in [-0.4, -0.2) is 40.4 Å². The van der Waals surface area contributed by atoms with Gasteiger partial charge in [-0.05, 0) is 35.6 Å². The lowest BCUT2D eigenvalue weighted by molar-refractivity contribution is -0.129. The first-order chi connectivity index (χ1) is 13.2. The van der Waals surface area contributed by atoms with E-state index >= 15 is 0 Å². The van der Waals surface area contributed by atoms with Gasteiger partial charge >= 0.3 is 0 Å². The van der Waals surface area contributed by atoms with Crippen molar-refractivity contribution in [3.05, 3.63) is 46.2 Å². The smallest absolute Gasteiger partial charge is 0.233 e. The molecule has 0 fully saturated rings. The zero-order chi connectivity index (χ0) is 18.6. The van der Waals surface area contributed by atoms with Gasteiger partial charge in [-0.3, -0.25) is 4.79 Å². The summed E-state index contributed by atoms with van der Waals surface area (Å²) in [7, 11) is 1.64. The van der Waals surface area contributed by atoms with Gasteiger partial charge in [0.2, 0.25) is 11.0 Å². The summed E-state index contributed by atoms with van der Waals surface area (Å²) in [6.45, 7) is 1.52. The van der Waals surface area contributed by atoms with Gasteiger partial charge in [-0.15, -0.1) is 21.5 Å². The fourth-order valence-electron chi connectivity index (χ4n) is 2.82. The van der Waals surface area contributed by atoms with Crippen LogP contribution in [0.3, 0.4) is 0 Å². The Morgan fingerprint density at radius 3 is 3.19 bits per heavy atom. The molecule has 1 aliphatic heterocycles. The molecule has 0 radical (unpaired) electrons. The number of hydrogen-bond acceptors (Lipinski definition) is 8. The number of thiophene rings is 1. The van der Waals surface area contributed by atoms with Crippen LogP contribution >= 0.6 is 34.4 Å². The van der Waals surface area contributed by atoms with Crippen molar-refractivity contribution in [1.82, 2.24) is 15.1 Å². The van der Waals surface area contributed by atoms with Gasteiger partial charge in [-0.25, -0.2) is 0 Å². The van der Waals surface area contributed by atoms with Gasteiger partial charge in [0.15, 0.2) is 4.34 Å². The number of carbonyl (C=O) groups excluding carboxylic acids is 1. The molecule has 3 heterocycles. The minimum Gasteiger partial charge on any atom is -0.497 e. The second kappa shape index (κ2) is 8.28. The van der Waals surface area contributed by atoms with Crippen LogP contribution in [0.1, 0.15) is 10.4 Å². The number of nitrogens with one attached hydrogen (secondary N) is 1. The fourth-order valence-corrected chi connectivity index (χ4v) is 5.38. The lowest BCUT2D eigenvalue weighted by Crippen LogP contribution is -2.36. The van der Waals surface area contributed by atoms with Gasteiger partial charge in [0.25, 0.3) is 0 Å². The van der Waals surface area contributed by atoms with Crippen molar-refractivity contribution in [2.75, 3.05) is 24.7 Å². The molecule has 0 atom stereocenters. The highest BCUT2D eigenvalue weighted by molar-refractivity contribution is 8.01. The van der Waals surface area contributed by atoms with Gasteiger partial charge in [0.05, 0.1) is 12.9 Å². The molecule has 4 rings (SSSR count). The molecule has 9 heteroatoms. The summed E-state index contributed by atoms with van der Waals surface area (Å²) in [5, 5.41) is 14.3. The Labute approximate surface area is 169 Å². The average molecular weight is 419 g/mol. The van der Waals surface area contributed by atoms with Crippen LogP contribution in [-0.2, 0) is 17.8 Å². The molecule has 2 aromatic heterocycles. The van der Waals surface area contributed by atoms with Crippen LogP contribution in [0.2, 0.25) is 0 Å². The highest BCUT2D eigenvalue weighted by Crippen LogP contribution is 2.30. The molecular formula is C18H18N4O2S3. The summed E-state index contributed by atoms with van der Waals surface area (Å²) in [6, 6.07) is 9.75. The van der Waals surface area contributed by atoms with Gasteiger partial charge in [0.1, 0.15) is 5.75 Å². The van der Waals surface area contributed by atoms with E-state index in [-0.39, 0.29) is 5.91 Å². The number of aromatic nitrogens is 2. The minimum absolute atomic E-state index is 0.148. The van der Waals surface area contributed by atoms with Crippen molar-refractivity contribution in [3.63, 3.8) is 0 Å². The molecule has 0 bridgehead atoms. The van der Waals surface area contributed by atoms with E-state index in [0.717, 1.165) is 35.3 Å². The summed E-state index contributed by atoms with van der Waals surface area (Å²) < 4.78 is 6.00. The molecule has 1 N–H and O–H groups in total. The number of nitrogens with zero attached hydrogens (tertiary/aromatic N) is 3. The van der Waals surface area contributed by atoms with E-state index in [4.69, 9.17) is 4.74 Å². The van der Waals surface area contributed by atoms with E-state index in [2.05, 4.69) is 27.0 Å². The Kier molecular flexibility index (Phi) is 5.61. The summed E-state index contributed by atoms with van der Waals surface area (Å²) in [5.74, 6) is 1.31. The highest BCUT2D eigenvalue weighted by Gasteiger charge is 2.21. The molecule has 0 saturated carbocycles. The highest BCUT2D eigenvalue weighted by atomic mass is 32.2. The van der Waals surface area contributed by atoms with Gasteiger partial charge < -0.3 is 15.0 Å². The largest absolute Gasteiger partial charge is 0.497 e. The number of methoxy groups -OCH3 is 1. The number of ether oxygens (including phenoxy) is 1. The molecule has 0 spiro atoms. The van der Waals surface area contributed by atoms with E-state index in [1.807, 2.05) is 29.2 Å². The number of fused-ring (bicyclic) bond motifs is 1. The number of benzene rings is 1. The molecular weight excluding hydrogens is 400 g/mol. The normalized spacial score (nSPS) is 13.3. The number of rotatable bonds is 6. The van der Waals surface area contributed by atoms with Crippen LogP contribution in [0.25, 0.3) is 0 Å². The van der Waals surface area contributed by atoms with Gasteiger partial charge in [-0.2, -0.15) is 0 Å². The van der Waals surface area contributed by atoms with E-state index in [1.54, 1.807) is 18.4 Å². The predicted molar refractivity (Wildman–Crippen MR) is 110 cm³/mol. The molecule has 3 aromatic rings. The Hall–Kier alpha value is -2.10. The first kappa shape index (κ1) is 18.3. The van der Waals surface area contributed by atoms with Crippen molar-refractivity contribution in [3.8, 4) is 5.75 Å². The van der Waals surface area contributed by atoms with Crippen LogP contribution in [0.4, 0.5) is 10.8 Å². The summed E-state index contributed by atoms with van der Waals surface area (Å²) in [6.07, 6.45) is 0.955. The standard InChI is InChI=1S/C18H18N4O2S3/c1-24-14-4-2-3-13(9-14)19-17-20-21-18(27-17)26-11-16(23)22-7-5-15-12(10-22)6-8-25-15/h2-4,6,8-9H,5,7,10-11H2,1H3,(H,19,20). The van der Waals surface area contributed by atoms with Crippen LogP contribution in [0, 0.1) is 0 Å². The number of carbonyl (C=O) groups is 1. The summed E-state index contributed by atoms with van der Waals surface area (Å²) in [5.41, 5.74) is 2.17. The molecule has 27 heavy (non-hydrogen) atoms. The maximum atomic E-state index is 12.5. The summed E-state index contributed by atoms with van der Waals surface area (Å²) in [4.78, 5) is 15.8.